The molecule has 0 bridgehead atoms. The molecule has 150 valence electrons. The molecular formula is C21H21FN4O2S. The number of benzene rings is 1. The molecule has 1 aliphatic heterocycles. The summed E-state index contributed by atoms with van der Waals surface area (Å²) in [6.07, 6.45) is 3.77. The van der Waals surface area contributed by atoms with Crippen LogP contribution in [0.15, 0.2) is 47.1 Å². The van der Waals surface area contributed by atoms with Crippen molar-refractivity contribution in [1.29, 1.82) is 0 Å². The molecule has 4 heterocycles. The van der Waals surface area contributed by atoms with E-state index in [9.17, 15) is 9.50 Å². The Balaban J connectivity index is 1.57. The van der Waals surface area contributed by atoms with Gasteiger partial charge in [-0.25, -0.2) is 4.39 Å². The van der Waals surface area contributed by atoms with E-state index in [4.69, 9.17) is 4.42 Å². The van der Waals surface area contributed by atoms with E-state index in [1.165, 1.54) is 28.0 Å². The summed E-state index contributed by atoms with van der Waals surface area (Å²) in [6.45, 7) is 4.11. The van der Waals surface area contributed by atoms with Gasteiger partial charge in [0.1, 0.15) is 5.82 Å². The SMILES string of the molecule is CC1CCN(C(c2ccc(F)cc2)c2sc3nc(-c4ccco4)nn3c2O)CC1. The van der Waals surface area contributed by atoms with Gasteiger partial charge in [0.15, 0.2) is 5.76 Å². The first-order valence-electron chi connectivity index (χ1n) is 9.72. The summed E-state index contributed by atoms with van der Waals surface area (Å²) in [5.41, 5.74) is 0.951. The van der Waals surface area contributed by atoms with E-state index in [0.717, 1.165) is 36.4 Å². The van der Waals surface area contributed by atoms with Crippen molar-refractivity contribution in [1.82, 2.24) is 19.5 Å². The molecule has 1 fully saturated rings. The van der Waals surface area contributed by atoms with Crippen molar-refractivity contribution in [2.45, 2.75) is 25.8 Å². The number of halogens is 1. The average Bonchev–Trinajstić information content (AvgIpc) is 3.44. The summed E-state index contributed by atoms with van der Waals surface area (Å²) in [5.74, 6) is 1.49. The Morgan fingerprint density at radius 2 is 1.97 bits per heavy atom. The summed E-state index contributed by atoms with van der Waals surface area (Å²) in [4.78, 5) is 8.24. The third-order valence-electron chi connectivity index (χ3n) is 5.56. The molecule has 0 amide bonds. The van der Waals surface area contributed by atoms with Gasteiger partial charge in [-0.2, -0.15) is 9.50 Å². The zero-order chi connectivity index (χ0) is 20.0. The number of fused-ring (bicyclic) bond motifs is 1. The standard InChI is InChI=1S/C21H21FN4O2S/c1-13-8-10-25(11-9-13)17(14-4-6-15(22)7-5-14)18-20(27)26-21(29-18)23-19(24-26)16-3-2-12-28-16/h2-7,12-13,17,27H,8-11H2,1H3. The number of furan rings is 1. The van der Waals surface area contributed by atoms with Gasteiger partial charge in [0.05, 0.1) is 17.2 Å². The van der Waals surface area contributed by atoms with Crippen LogP contribution in [-0.4, -0.2) is 37.7 Å². The van der Waals surface area contributed by atoms with Gasteiger partial charge in [0.2, 0.25) is 16.7 Å². The maximum Gasteiger partial charge on any atom is 0.230 e. The lowest BCUT2D eigenvalue weighted by atomic mass is 9.95. The quantitative estimate of drug-likeness (QED) is 0.526. The fourth-order valence-corrected chi connectivity index (χ4v) is 5.02. The van der Waals surface area contributed by atoms with Crippen LogP contribution in [0.2, 0.25) is 0 Å². The predicted octanol–water partition coefficient (Wildman–Crippen LogP) is 4.72. The number of thiazole rings is 1. The number of aromatic nitrogens is 3. The summed E-state index contributed by atoms with van der Waals surface area (Å²) in [7, 11) is 0. The van der Waals surface area contributed by atoms with Crippen molar-refractivity contribution >= 4 is 16.3 Å². The number of aromatic hydroxyl groups is 1. The lowest BCUT2D eigenvalue weighted by molar-refractivity contribution is 0.157. The molecular weight excluding hydrogens is 391 g/mol. The van der Waals surface area contributed by atoms with Crippen LogP contribution < -0.4 is 0 Å². The number of hydrogen-bond donors (Lipinski definition) is 1. The second kappa shape index (κ2) is 7.27. The number of hydrogen-bond acceptors (Lipinski definition) is 6. The molecule has 29 heavy (non-hydrogen) atoms. The van der Waals surface area contributed by atoms with Gasteiger partial charge in [0.25, 0.3) is 0 Å². The third kappa shape index (κ3) is 3.32. The van der Waals surface area contributed by atoms with Crippen molar-refractivity contribution in [2.24, 2.45) is 5.92 Å². The molecule has 0 spiro atoms. The van der Waals surface area contributed by atoms with Crippen molar-refractivity contribution < 1.29 is 13.9 Å². The van der Waals surface area contributed by atoms with Crippen molar-refractivity contribution in [3.05, 3.63) is 58.9 Å². The lowest BCUT2D eigenvalue weighted by Gasteiger charge is -2.36. The Hall–Kier alpha value is -2.71. The number of piperidine rings is 1. The Morgan fingerprint density at radius 1 is 1.21 bits per heavy atom. The summed E-state index contributed by atoms with van der Waals surface area (Å²) < 4.78 is 20.4. The molecule has 5 rings (SSSR count). The molecule has 1 N–H and O–H groups in total. The molecule has 8 heteroatoms. The summed E-state index contributed by atoms with van der Waals surface area (Å²) in [5, 5.41) is 15.4. The normalized spacial score (nSPS) is 17.2. The fraction of sp³-hybridized carbons (Fsp3) is 0.333. The molecule has 3 aromatic heterocycles. The molecule has 0 radical (unpaired) electrons. The molecule has 1 unspecified atom stereocenters. The minimum atomic E-state index is -0.269. The van der Waals surface area contributed by atoms with Crippen LogP contribution in [0.1, 0.15) is 36.2 Å². The summed E-state index contributed by atoms with van der Waals surface area (Å²) in [6, 6.07) is 9.92. The first kappa shape index (κ1) is 18.3. The minimum absolute atomic E-state index is 0.0725. The Morgan fingerprint density at radius 3 is 2.62 bits per heavy atom. The molecule has 1 aromatic carbocycles. The molecule has 6 nitrogen and oxygen atoms in total. The first-order valence-corrected chi connectivity index (χ1v) is 10.5. The smallest absolute Gasteiger partial charge is 0.230 e. The van der Waals surface area contributed by atoms with E-state index < -0.39 is 0 Å². The van der Waals surface area contributed by atoms with Crippen molar-refractivity contribution in [3.63, 3.8) is 0 Å². The summed E-state index contributed by atoms with van der Waals surface area (Å²) >= 11 is 1.41. The van der Waals surface area contributed by atoms with E-state index in [1.54, 1.807) is 30.5 Å². The van der Waals surface area contributed by atoms with Crippen LogP contribution in [0, 0.1) is 11.7 Å². The lowest BCUT2D eigenvalue weighted by Crippen LogP contribution is -2.36. The Labute approximate surface area is 171 Å². The van der Waals surface area contributed by atoms with Gasteiger partial charge >= 0.3 is 0 Å². The number of nitrogens with zero attached hydrogens (tertiary/aromatic N) is 4. The van der Waals surface area contributed by atoms with Crippen LogP contribution in [0.25, 0.3) is 16.5 Å². The van der Waals surface area contributed by atoms with Gasteiger partial charge < -0.3 is 9.52 Å². The van der Waals surface area contributed by atoms with E-state index >= 15 is 0 Å². The molecule has 4 aromatic rings. The highest BCUT2D eigenvalue weighted by Crippen LogP contribution is 2.41. The monoisotopic (exact) mass is 412 g/mol. The average molecular weight is 412 g/mol. The van der Waals surface area contributed by atoms with Gasteiger partial charge in [-0.05, 0) is 61.7 Å². The molecule has 1 saturated heterocycles. The fourth-order valence-electron chi connectivity index (χ4n) is 3.90. The molecule has 0 aliphatic carbocycles. The van der Waals surface area contributed by atoms with Crippen LogP contribution in [-0.2, 0) is 0 Å². The predicted molar refractivity (Wildman–Crippen MR) is 108 cm³/mol. The highest BCUT2D eigenvalue weighted by atomic mass is 32.1. The van der Waals surface area contributed by atoms with E-state index in [-0.39, 0.29) is 17.7 Å². The van der Waals surface area contributed by atoms with Crippen LogP contribution in [0.3, 0.4) is 0 Å². The van der Waals surface area contributed by atoms with E-state index in [2.05, 4.69) is 21.9 Å². The highest BCUT2D eigenvalue weighted by Gasteiger charge is 2.31. The van der Waals surface area contributed by atoms with Gasteiger partial charge in [-0.1, -0.05) is 30.4 Å². The second-order valence-electron chi connectivity index (χ2n) is 7.57. The van der Waals surface area contributed by atoms with Crippen LogP contribution >= 0.6 is 11.3 Å². The highest BCUT2D eigenvalue weighted by molar-refractivity contribution is 7.17. The minimum Gasteiger partial charge on any atom is -0.492 e. The van der Waals surface area contributed by atoms with Crippen molar-refractivity contribution in [3.8, 4) is 17.5 Å². The van der Waals surface area contributed by atoms with Gasteiger partial charge in [-0.15, -0.1) is 5.10 Å². The Bertz CT molecular complexity index is 1110. The first-order chi connectivity index (χ1) is 14.1. The largest absolute Gasteiger partial charge is 0.492 e. The van der Waals surface area contributed by atoms with Crippen LogP contribution in [0.5, 0.6) is 5.88 Å². The van der Waals surface area contributed by atoms with Crippen molar-refractivity contribution in [2.75, 3.05) is 13.1 Å². The maximum atomic E-state index is 13.5. The van der Waals surface area contributed by atoms with E-state index in [1.807, 2.05) is 0 Å². The zero-order valence-electron chi connectivity index (χ0n) is 16.0. The molecule has 0 saturated carbocycles. The molecule has 1 atom stereocenters. The Kier molecular flexibility index (Phi) is 4.60. The third-order valence-corrected chi connectivity index (χ3v) is 6.63. The van der Waals surface area contributed by atoms with Gasteiger partial charge in [-0.3, -0.25) is 4.90 Å². The van der Waals surface area contributed by atoms with E-state index in [0.29, 0.717) is 22.5 Å². The van der Waals surface area contributed by atoms with Crippen LogP contribution in [0.4, 0.5) is 4.39 Å². The molecule has 1 aliphatic rings. The zero-order valence-corrected chi connectivity index (χ0v) is 16.8. The topological polar surface area (TPSA) is 66.8 Å². The number of likely N-dealkylation sites (tertiary alicyclic amines) is 1. The second-order valence-corrected chi connectivity index (χ2v) is 8.58. The number of rotatable bonds is 4. The van der Waals surface area contributed by atoms with Gasteiger partial charge in [0, 0.05) is 0 Å². The maximum absolute atomic E-state index is 13.5.